The van der Waals surface area contributed by atoms with E-state index in [0.717, 1.165) is 12.8 Å². The summed E-state index contributed by atoms with van der Waals surface area (Å²) in [5.41, 5.74) is 16.5. The highest BCUT2D eigenvalue weighted by molar-refractivity contribution is 6.12. The lowest BCUT2D eigenvalue weighted by Gasteiger charge is -2.38. The lowest BCUT2D eigenvalue weighted by atomic mass is 9.66. The summed E-state index contributed by atoms with van der Waals surface area (Å²) >= 11 is 0. The quantitative estimate of drug-likeness (QED) is 0.181. The van der Waals surface area contributed by atoms with Crippen LogP contribution in [0.1, 0.15) is 55.6 Å². The highest BCUT2D eigenvalue weighted by Gasteiger charge is 2.34. The topological polar surface area (TPSA) is 9.86 Å². The van der Waals surface area contributed by atoms with E-state index in [-0.39, 0.29) is 0 Å². The Morgan fingerprint density at radius 1 is 0.520 bits per heavy atom. The normalized spacial score (nSPS) is 19.7. The first-order chi connectivity index (χ1) is 24.8. The van der Waals surface area contributed by atoms with Crippen molar-refractivity contribution >= 4 is 54.9 Å². The van der Waals surface area contributed by atoms with Crippen LogP contribution in [0.25, 0.3) is 71.7 Å². The lowest BCUT2D eigenvalue weighted by Crippen LogP contribution is -2.23. The van der Waals surface area contributed by atoms with Crippen LogP contribution in [0.3, 0.4) is 0 Å². The SMILES string of the molecule is C1=CCCC(n2c3ccccc3c3ccc(-c4ccc5c6ccccc6n(-c6ccc7c(c6)C6C=CC=CC6C6=C7CCCC6)c5c4)cc32)=C1. The summed E-state index contributed by atoms with van der Waals surface area (Å²) in [6.45, 7) is 0. The van der Waals surface area contributed by atoms with Crippen LogP contribution in [0.4, 0.5) is 0 Å². The van der Waals surface area contributed by atoms with Gasteiger partial charge in [-0.15, -0.1) is 0 Å². The molecule has 5 aromatic carbocycles. The van der Waals surface area contributed by atoms with Gasteiger partial charge < -0.3 is 9.13 Å². The summed E-state index contributed by atoms with van der Waals surface area (Å²) in [6, 6.07) is 39.3. The van der Waals surface area contributed by atoms with E-state index in [1.165, 1.54) is 103 Å². The van der Waals surface area contributed by atoms with Gasteiger partial charge in [-0.05, 0) is 109 Å². The van der Waals surface area contributed by atoms with Crippen LogP contribution in [0.2, 0.25) is 0 Å². The molecule has 4 aliphatic rings. The van der Waals surface area contributed by atoms with Gasteiger partial charge in [-0.1, -0.05) is 109 Å². The zero-order valence-corrected chi connectivity index (χ0v) is 28.1. The van der Waals surface area contributed by atoms with Crippen LogP contribution in [-0.2, 0) is 0 Å². The first kappa shape index (κ1) is 28.3. The van der Waals surface area contributed by atoms with Crippen molar-refractivity contribution in [2.45, 2.75) is 44.4 Å². The maximum atomic E-state index is 2.52. The number of fused-ring (bicyclic) bond motifs is 11. The zero-order valence-electron chi connectivity index (χ0n) is 28.1. The van der Waals surface area contributed by atoms with E-state index in [4.69, 9.17) is 0 Å². The molecular formula is C48H38N2. The second-order valence-electron chi connectivity index (χ2n) is 14.6. The predicted octanol–water partition coefficient (Wildman–Crippen LogP) is 12.9. The molecular weight excluding hydrogens is 605 g/mol. The number of hydrogen-bond acceptors (Lipinski definition) is 0. The standard InChI is InChI=1S/C48H38N2/c1-2-12-33(13-3-1)49-45-20-10-8-18-40(45)42-25-22-31(28-47(42)49)32-23-26-43-41-19-9-11-21-46(41)50(48(43)29-32)34-24-27-39-37-16-5-4-14-35(37)36-15-6-7-17-38(36)44(39)30-34/h1-2,6-12,15,17-30,36,38H,3-5,13-14,16H2. The highest BCUT2D eigenvalue weighted by Crippen LogP contribution is 2.51. The fourth-order valence-corrected chi connectivity index (χ4v) is 9.75. The van der Waals surface area contributed by atoms with Crippen molar-refractivity contribution in [1.29, 1.82) is 0 Å². The molecule has 2 nitrogen and oxygen atoms in total. The van der Waals surface area contributed by atoms with Gasteiger partial charge in [-0.25, -0.2) is 0 Å². The Morgan fingerprint density at radius 3 is 1.92 bits per heavy atom. The van der Waals surface area contributed by atoms with Gasteiger partial charge in [0.2, 0.25) is 0 Å². The molecule has 0 bridgehead atoms. The van der Waals surface area contributed by atoms with Crippen molar-refractivity contribution in [2.75, 3.05) is 0 Å². The molecule has 0 aliphatic heterocycles. The molecule has 240 valence electrons. The van der Waals surface area contributed by atoms with E-state index in [9.17, 15) is 0 Å². The maximum absolute atomic E-state index is 2.52. The van der Waals surface area contributed by atoms with E-state index in [1.807, 2.05) is 0 Å². The van der Waals surface area contributed by atoms with E-state index in [1.54, 1.807) is 11.1 Å². The molecule has 2 unspecified atom stereocenters. The van der Waals surface area contributed by atoms with Gasteiger partial charge in [-0.3, -0.25) is 0 Å². The minimum absolute atomic E-state index is 0.406. The molecule has 0 fully saturated rings. The minimum Gasteiger partial charge on any atom is -0.313 e. The van der Waals surface area contributed by atoms with Crippen molar-refractivity contribution < 1.29 is 0 Å². The van der Waals surface area contributed by atoms with Gasteiger partial charge in [0.25, 0.3) is 0 Å². The number of allylic oxidation sites excluding steroid dienone is 10. The Labute approximate surface area is 292 Å². The van der Waals surface area contributed by atoms with Gasteiger partial charge in [0.1, 0.15) is 0 Å². The number of benzene rings is 5. The first-order valence-corrected chi connectivity index (χ1v) is 18.5. The summed E-state index contributed by atoms with van der Waals surface area (Å²) < 4.78 is 5.01. The highest BCUT2D eigenvalue weighted by atomic mass is 15.0. The molecule has 0 spiro atoms. The number of rotatable bonds is 3. The van der Waals surface area contributed by atoms with Crippen LogP contribution in [0.5, 0.6) is 0 Å². The average Bonchev–Trinajstić information content (AvgIpc) is 3.70. The molecule has 2 heteroatoms. The van der Waals surface area contributed by atoms with Crippen molar-refractivity contribution in [1.82, 2.24) is 9.13 Å². The predicted molar refractivity (Wildman–Crippen MR) is 212 cm³/mol. The minimum atomic E-state index is 0.406. The van der Waals surface area contributed by atoms with Crippen molar-refractivity contribution in [3.8, 4) is 16.8 Å². The average molecular weight is 643 g/mol. The van der Waals surface area contributed by atoms with Gasteiger partial charge in [0.15, 0.2) is 0 Å². The van der Waals surface area contributed by atoms with Gasteiger partial charge in [0, 0.05) is 44.8 Å². The van der Waals surface area contributed by atoms with Crippen LogP contribution in [0.15, 0.2) is 151 Å². The van der Waals surface area contributed by atoms with E-state index in [0.29, 0.717) is 11.8 Å². The van der Waals surface area contributed by atoms with E-state index < -0.39 is 0 Å². The maximum Gasteiger partial charge on any atom is 0.0547 e. The third kappa shape index (κ3) is 4.08. The summed E-state index contributed by atoms with van der Waals surface area (Å²) in [5.74, 6) is 0.900. The third-order valence-electron chi connectivity index (χ3n) is 12.0. The summed E-state index contributed by atoms with van der Waals surface area (Å²) in [4.78, 5) is 0. The van der Waals surface area contributed by atoms with Crippen LogP contribution in [0, 0.1) is 5.92 Å². The second-order valence-corrected chi connectivity index (χ2v) is 14.6. The van der Waals surface area contributed by atoms with E-state index >= 15 is 0 Å². The molecule has 0 amide bonds. The van der Waals surface area contributed by atoms with E-state index in [2.05, 4.69) is 155 Å². The van der Waals surface area contributed by atoms with Crippen LogP contribution >= 0.6 is 0 Å². The lowest BCUT2D eigenvalue weighted by molar-refractivity contribution is 0.575. The second kappa shape index (κ2) is 11.0. The Bertz CT molecular complexity index is 2720. The fourth-order valence-electron chi connectivity index (χ4n) is 9.75. The van der Waals surface area contributed by atoms with Crippen LogP contribution in [-0.4, -0.2) is 9.13 Å². The number of para-hydroxylation sites is 2. The number of hydrogen-bond donors (Lipinski definition) is 0. The molecule has 2 aromatic heterocycles. The monoisotopic (exact) mass is 642 g/mol. The zero-order chi connectivity index (χ0) is 32.8. The Morgan fingerprint density at radius 2 is 1.18 bits per heavy atom. The molecule has 2 heterocycles. The molecule has 2 atom stereocenters. The van der Waals surface area contributed by atoms with Crippen LogP contribution < -0.4 is 0 Å². The van der Waals surface area contributed by atoms with Crippen molar-refractivity contribution in [3.05, 3.63) is 162 Å². The Kier molecular flexibility index (Phi) is 6.19. The number of aromatic nitrogens is 2. The molecule has 4 aliphatic carbocycles. The summed E-state index contributed by atoms with van der Waals surface area (Å²) in [5, 5.41) is 5.22. The smallest absolute Gasteiger partial charge is 0.0547 e. The summed E-state index contributed by atoms with van der Waals surface area (Å²) in [7, 11) is 0. The molecule has 0 saturated carbocycles. The van der Waals surface area contributed by atoms with Crippen molar-refractivity contribution in [2.24, 2.45) is 5.92 Å². The fraction of sp³-hybridized carbons (Fsp3) is 0.167. The Hall–Kier alpha value is -5.60. The molecule has 50 heavy (non-hydrogen) atoms. The molecule has 0 N–H and O–H groups in total. The largest absolute Gasteiger partial charge is 0.313 e. The Balaban J connectivity index is 1.11. The number of nitrogens with zero attached hydrogens (tertiary/aromatic N) is 2. The van der Waals surface area contributed by atoms with Gasteiger partial charge in [0.05, 0.1) is 22.1 Å². The van der Waals surface area contributed by atoms with Crippen molar-refractivity contribution in [3.63, 3.8) is 0 Å². The molecule has 7 aromatic rings. The van der Waals surface area contributed by atoms with Gasteiger partial charge >= 0.3 is 0 Å². The molecule has 0 radical (unpaired) electrons. The van der Waals surface area contributed by atoms with Gasteiger partial charge in [-0.2, -0.15) is 0 Å². The first-order valence-electron chi connectivity index (χ1n) is 18.5. The molecule has 11 rings (SSSR count). The summed E-state index contributed by atoms with van der Waals surface area (Å²) in [6.07, 6.45) is 23.4. The third-order valence-corrected chi connectivity index (χ3v) is 12.0. The molecule has 0 saturated heterocycles.